The van der Waals surface area contributed by atoms with Crippen LogP contribution in [0.1, 0.15) is 31.2 Å². The molecule has 0 bridgehead atoms. The van der Waals surface area contributed by atoms with Gasteiger partial charge in [-0.3, -0.25) is 4.79 Å². The lowest BCUT2D eigenvalue weighted by atomic mass is 9.64. The smallest absolute Gasteiger partial charge is 0.222 e. The summed E-state index contributed by atoms with van der Waals surface area (Å²) in [5.74, 6) is -0.556. The first kappa shape index (κ1) is 16.4. The van der Waals surface area contributed by atoms with Crippen LogP contribution in [0.3, 0.4) is 0 Å². The van der Waals surface area contributed by atoms with Gasteiger partial charge in [0.25, 0.3) is 0 Å². The summed E-state index contributed by atoms with van der Waals surface area (Å²) in [6.07, 6.45) is 3.72. The number of hydrogen-bond acceptors (Lipinski definition) is 3. The molecule has 1 saturated heterocycles. The van der Waals surface area contributed by atoms with Crippen LogP contribution in [0.5, 0.6) is 0 Å². The minimum absolute atomic E-state index is 0.151. The lowest BCUT2D eigenvalue weighted by Gasteiger charge is -2.52. The van der Waals surface area contributed by atoms with E-state index in [0.29, 0.717) is 12.8 Å². The van der Waals surface area contributed by atoms with Gasteiger partial charge in [-0.05, 0) is 36.0 Å². The summed E-state index contributed by atoms with van der Waals surface area (Å²) >= 11 is 0. The van der Waals surface area contributed by atoms with E-state index in [2.05, 4.69) is 0 Å². The van der Waals surface area contributed by atoms with Gasteiger partial charge in [-0.1, -0.05) is 12.1 Å². The van der Waals surface area contributed by atoms with E-state index in [4.69, 9.17) is 9.47 Å². The van der Waals surface area contributed by atoms with Crippen LogP contribution < -0.4 is 0 Å². The summed E-state index contributed by atoms with van der Waals surface area (Å²) in [6, 6.07) is 6.46. The van der Waals surface area contributed by atoms with Crippen molar-refractivity contribution in [3.63, 3.8) is 0 Å². The van der Waals surface area contributed by atoms with Crippen LogP contribution in [0.25, 0.3) is 0 Å². The maximum atomic E-state index is 13.2. The van der Waals surface area contributed by atoms with E-state index in [-0.39, 0.29) is 17.1 Å². The number of carbonyl (C=O) groups excluding carboxylic acids is 1. The zero-order valence-electron chi connectivity index (χ0n) is 13.8. The van der Waals surface area contributed by atoms with Crippen molar-refractivity contribution in [1.82, 2.24) is 4.90 Å². The van der Waals surface area contributed by atoms with Gasteiger partial charge in [0.1, 0.15) is 5.82 Å². The molecule has 0 atom stereocenters. The standard InChI is InChI=1S/C18H24FNO3/c1-22-18(23-2)11-17(12-18)8-9-20(13-17)16(21)7-6-14-4-3-5-15(19)10-14/h3-5,10H,6-9,11-13H2,1-2H3. The molecule has 3 rings (SSSR count). The van der Waals surface area contributed by atoms with Crippen LogP contribution in [-0.4, -0.2) is 43.9 Å². The number of carbonyl (C=O) groups is 1. The van der Waals surface area contributed by atoms with Gasteiger partial charge in [0.2, 0.25) is 5.91 Å². The number of aryl methyl sites for hydroxylation is 1. The maximum absolute atomic E-state index is 13.2. The third kappa shape index (κ3) is 3.26. The molecule has 0 aromatic heterocycles. The van der Waals surface area contributed by atoms with Crippen LogP contribution in [-0.2, 0) is 20.7 Å². The Kier molecular flexibility index (Phi) is 4.43. The molecule has 2 fully saturated rings. The molecule has 1 aromatic carbocycles. The second-order valence-corrected chi connectivity index (χ2v) is 6.87. The highest BCUT2D eigenvalue weighted by Crippen LogP contribution is 2.55. The Balaban J connectivity index is 1.51. The monoisotopic (exact) mass is 321 g/mol. The number of nitrogens with zero attached hydrogens (tertiary/aromatic N) is 1. The lowest BCUT2D eigenvalue weighted by Crippen LogP contribution is -2.55. The molecule has 1 spiro atoms. The van der Waals surface area contributed by atoms with Crippen molar-refractivity contribution in [3.8, 4) is 0 Å². The van der Waals surface area contributed by atoms with Crippen molar-refractivity contribution in [3.05, 3.63) is 35.6 Å². The van der Waals surface area contributed by atoms with Gasteiger partial charge in [0.05, 0.1) is 0 Å². The van der Waals surface area contributed by atoms with E-state index in [1.54, 1.807) is 20.3 Å². The van der Waals surface area contributed by atoms with Crippen molar-refractivity contribution >= 4 is 5.91 Å². The van der Waals surface area contributed by atoms with Crippen molar-refractivity contribution < 1.29 is 18.7 Å². The average Bonchev–Trinajstić information content (AvgIpc) is 2.96. The van der Waals surface area contributed by atoms with E-state index >= 15 is 0 Å². The van der Waals surface area contributed by atoms with Crippen LogP contribution >= 0.6 is 0 Å². The lowest BCUT2D eigenvalue weighted by molar-refractivity contribution is -0.294. The zero-order valence-corrected chi connectivity index (χ0v) is 13.8. The molecular formula is C18H24FNO3. The molecule has 1 aliphatic heterocycles. The number of rotatable bonds is 5. The molecule has 1 aromatic rings. The Bertz CT molecular complexity index is 577. The average molecular weight is 321 g/mol. The van der Waals surface area contributed by atoms with Gasteiger partial charge in [-0.15, -0.1) is 0 Å². The van der Waals surface area contributed by atoms with Crippen LogP contribution in [0.15, 0.2) is 24.3 Å². The molecule has 0 N–H and O–H groups in total. The van der Waals surface area contributed by atoms with E-state index in [1.807, 2.05) is 11.0 Å². The Morgan fingerprint density at radius 2 is 2.04 bits per heavy atom. The summed E-state index contributed by atoms with van der Waals surface area (Å²) in [7, 11) is 3.35. The van der Waals surface area contributed by atoms with E-state index in [0.717, 1.165) is 37.9 Å². The Hall–Kier alpha value is -1.46. The molecule has 126 valence electrons. The molecular weight excluding hydrogens is 297 g/mol. The van der Waals surface area contributed by atoms with Crippen LogP contribution in [0, 0.1) is 11.2 Å². The van der Waals surface area contributed by atoms with Gasteiger partial charge in [-0.2, -0.15) is 0 Å². The predicted octanol–water partition coefficient (Wildman–Crippen LogP) is 2.76. The summed E-state index contributed by atoms with van der Waals surface area (Å²) < 4.78 is 24.1. The first-order valence-corrected chi connectivity index (χ1v) is 8.12. The number of amides is 1. The summed E-state index contributed by atoms with van der Waals surface area (Å²) in [4.78, 5) is 14.3. The predicted molar refractivity (Wildman–Crippen MR) is 84.3 cm³/mol. The number of methoxy groups -OCH3 is 2. The molecule has 1 saturated carbocycles. The second-order valence-electron chi connectivity index (χ2n) is 6.87. The fraction of sp³-hybridized carbons (Fsp3) is 0.611. The molecule has 1 heterocycles. The number of ether oxygens (including phenoxy) is 2. The molecule has 0 radical (unpaired) electrons. The van der Waals surface area contributed by atoms with Crippen molar-refractivity contribution in [2.75, 3.05) is 27.3 Å². The normalized spacial score (nSPS) is 21.4. The maximum Gasteiger partial charge on any atom is 0.222 e. The number of benzene rings is 1. The molecule has 1 aliphatic carbocycles. The quantitative estimate of drug-likeness (QED) is 0.783. The van der Waals surface area contributed by atoms with Crippen molar-refractivity contribution in [2.24, 2.45) is 5.41 Å². The van der Waals surface area contributed by atoms with Crippen molar-refractivity contribution in [1.29, 1.82) is 0 Å². The summed E-state index contributed by atoms with van der Waals surface area (Å²) in [5, 5.41) is 0. The fourth-order valence-electron chi connectivity index (χ4n) is 4.00. The van der Waals surface area contributed by atoms with Gasteiger partial charge >= 0.3 is 0 Å². The second kappa shape index (κ2) is 6.21. The third-order valence-corrected chi connectivity index (χ3v) is 5.34. The van der Waals surface area contributed by atoms with E-state index < -0.39 is 5.79 Å². The van der Waals surface area contributed by atoms with E-state index in [9.17, 15) is 9.18 Å². The minimum Gasteiger partial charge on any atom is -0.353 e. The number of hydrogen-bond donors (Lipinski definition) is 0. The summed E-state index contributed by atoms with van der Waals surface area (Å²) in [6.45, 7) is 1.58. The molecule has 2 aliphatic rings. The topological polar surface area (TPSA) is 38.8 Å². The first-order valence-electron chi connectivity index (χ1n) is 8.12. The molecule has 1 amide bonds. The highest BCUT2D eigenvalue weighted by Gasteiger charge is 2.58. The SMILES string of the molecule is COC1(OC)CC2(CCN(C(=O)CCc3cccc(F)c3)C2)C1. The van der Waals surface area contributed by atoms with Gasteiger partial charge in [0, 0.05) is 46.6 Å². The highest BCUT2D eigenvalue weighted by molar-refractivity contribution is 5.76. The van der Waals surface area contributed by atoms with Crippen molar-refractivity contribution in [2.45, 2.75) is 37.9 Å². The molecule has 4 nitrogen and oxygen atoms in total. The molecule has 0 unspecified atom stereocenters. The Morgan fingerprint density at radius 3 is 2.70 bits per heavy atom. The van der Waals surface area contributed by atoms with E-state index in [1.165, 1.54) is 12.1 Å². The minimum atomic E-state index is -0.458. The Morgan fingerprint density at radius 1 is 1.30 bits per heavy atom. The van der Waals surface area contributed by atoms with Crippen LogP contribution in [0.2, 0.25) is 0 Å². The first-order chi connectivity index (χ1) is 11.0. The molecule has 23 heavy (non-hydrogen) atoms. The number of halogens is 1. The zero-order chi connectivity index (χ0) is 16.5. The van der Waals surface area contributed by atoms with Gasteiger partial charge in [-0.25, -0.2) is 4.39 Å². The molecule has 5 heteroatoms. The third-order valence-electron chi connectivity index (χ3n) is 5.34. The summed E-state index contributed by atoms with van der Waals surface area (Å²) in [5.41, 5.74) is 1.02. The van der Waals surface area contributed by atoms with Crippen LogP contribution in [0.4, 0.5) is 4.39 Å². The van der Waals surface area contributed by atoms with Gasteiger partial charge < -0.3 is 14.4 Å². The van der Waals surface area contributed by atoms with Gasteiger partial charge in [0.15, 0.2) is 5.79 Å². The highest BCUT2D eigenvalue weighted by atomic mass is 19.1. The number of likely N-dealkylation sites (tertiary alicyclic amines) is 1. The largest absolute Gasteiger partial charge is 0.353 e. The fourth-order valence-corrected chi connectivity index (χ4v) is 4.00. The Labute approximate surface area is 136 Å².